The second kappa shape index (κ2) is 4.24. The van der Waals surface area contributed by atoms with Crippen LogP contribution in [0.25, 0.3) is 11.0 Å². The molecule has 1 amide bonds. The first-order chi connectivity index (χ1) is 9.08. The summed E-state index contributed by atoms with van der Waals surface area (Å²) >= 11 is 6.15. The third kappa shape index (κ3) is 1.84. The molecule has 0 radical (unpaired) electrons. The Morgan fingerprint density at radius 3 is 3.00 bits per heavy atom. The molecule has 0 atom stereocenters. The van der Waals surface area contributed by atoms with Crippen LogP contribution in [0.2, 0.25) is 5.02 Å². The van der Waals surface area contributed by atoms with E-state index in [4.69, 9.17) is 16.7 Å². The summed E-state index contributed by atoms with van der Waals surface area (Å²) in [6, 6.07) is 1.63. The Balaban J connectivity index is 2.30. The summed E-state index contributed by atoms with van der Waals surface area (Å²) in [5, 5.41) is 10.2. The van der Waals surface area contributed by atoms with E-state index in [1.807, 2.05) is 0 Å². The quantitative estimate of drug-likeness (QED) is 0.767. The van der Waals surface area contributed by atoms with Gasteiger partial charge in [-0.15, -0.1) is 0 Å². The van der Waals surface area contributed by atoms with Gasteiger partial charge in [-0.2, -0.15) is 0 Å². The highest BCUT2D eigenvalue weighted by molar-refractivity contribution is 6.35. The molecule has 98 valence electrons. The molecule has 1 aliphatic rings. The normalized spacial score (nSPS) is 14.5. The molecule has 2 aromatic heterocycles. The van der Waals surface area contributed by atoms with Crippen LogP contribution in [0.1, 0.15) is 11.1 Å². The summed E-state index contributed by atoms with van der Waals surface area (Å²) in [4.78, 5) is 31.1. The van der Waals surface area contributed by atoms with Crippen molar-refractivity contribution in [2.75, 3.05) is 6.54 Å². The number of fused-ring (bicyclic) bond motifs is 3. The molecule has 3 rings (SSSR count). The maximum absolute atomic E-state index is 12.0. The third-order valence-corrected chi connectivity index (χ3v) is 3.64. The van der Waals surface area contributed by atoms with E-state index in [9.17, 15) is 9.59 Å². The number of aromatic amines is 1. The molecule has 7 heteroatoms. The number of hydrogen-bond acceptors (Lipinski definition) is 3. The van der Waals surface area contributed by atoms with Crippen LogP contribution in [0, 0.1) is 0 Å². The summed E-state index contributed by atoms with van der Waals surface area (Å²) in [6.07, 6.45) is 0.891. The van der Waals surface area contributed by atoms with Crippen LogP contribution in [-0.2, 0) is 13.0 Å². The van der Waals surface area contributed by atoms with Gasteiger partial charge in [-0.3, -0.25) is 4.79 Å². The molecular weight excluding hydrogens is 270 g/mol. The van der Waals surface area contributed by atoms with Crippen LogP contribution < -0.4 is 5.56 Å². The van der Waals surface area contributed by atoms with Crippen molar-refractivity contribution in [2.24, 2.45) is 0 Å². The summed E-state index contributed by atoms with van der Waals surface area (Å²) in [7, 11) is 0. The van der Waals surface area contributed by atoms with Crippen LogP contribution in [0.15, 0.2) is 17.1 Å². The number of halogens is 1. The molecule has 2 N–H and O–H groups in total. The number of aromatic nitrogens is 2. The standard InChI is InChI=1S/C12H10ClN3O3/c13-8-1-3-14-10-9(8)7-5-16(12(18)19)4-2-6(7)11(17)15-10/h1,3H,2,4-5H2,(H,18,19)(H,14,15,17). The van der Waals surface area contributed by atoms with Gasteiger partial charge in [0.25, 0.3) is 5.56 Å². The van der Waals surface area contributed by atoms with Gasteiger partial charge >= 0.3 is 6.09 Å². The molecule has 3 heterocycles. The van der Waals surface area contributed by atoms with Crippen LogP contribution in [0.4, 0.5) is 4.79 Å². The van der Waals surface area contributed by atoms with E-state index >= 15 is 0 Å². The molecule has 0 aromatic carbocycles. The summed E-state index contributed by atoms with van der Waals surface area (Å²) in [6.45, 7) is 0.477. The number of rotatable bonds is 0. The average Bonchev–Trinajstić information content (AvgIpc) is 2.38. The van der Waals surface area contributed by atoms with E-state index in [1.165, 1.54) is 11.1 Å². The summed E-state index contributed by atoms with van der Waals surface area (Å²) in [5.74, 6) is 0. The van der Waals surface area contributed by atoms with Gasteiger partial charge in [-0.1, -0.05) is 11.6 Å². The highest BCUT2D eigenvalue weighted by Gasteiger charge is 2.25. The molecule has 1 aliphatic heterocycles. The average molecular weight is 280 g/mol. The van der Waals surface area contributed by atoms with Crippen LogP contribution in [0.3, 0.4) is 0 Å². The van der Waals surface area contributed by atoms with Crippen molar-refractivity contribution in [1.29, 1.82) is 0 Å². The van der Waals surface area contributed by atoms with Crippen molar-refractivity contribution in [2.45, 2.75) is 13.0 Å². The maximum atomic E-state index is 12.0. The van der Waals surface area contributed by atoms with Gasteiger partial charge in [0.15, 0.2) is 0 Å². The van der Waals surface area contributed by atoms with E-state index in [0.29, 0.717) is 40.1 Å². The summed E-state index contributed by atoms with van der Waals surface area (Å²) < 4.78 is 0. The second-order valence-electron chi connectivity index (χ2n) is 4.38. The van der Waals surface area contributed by atoms with Crippen molar-refractivity contribution in [3.63, 3.8) is 0 Å². The first-order valence-corrected chi connectivity index (χ1v) is 6.12. The minimum Gasteiger partial charge on any atom is -0.465 e. The van der Waals surface area contributed by atoms with Gasteiger partial charge in [0.2, 0.25) is 0 Å². The van der Waals surface area contributed by atoms with Gasteiger partial charge in [-0.05, 0) is 18.1 Å². The van der Waals surface area contributed by atoms with Crippen LogP contribution in [0.5, 0.6) is 0 Å². The van der Waals surface area contributed by atoms with Crippen molar-refractivity contribution < 1.29 is 9.90 Å². The van der Waals surface area contributed by atoms with E-state index in [-0.39, 0.29) is 12.1 Å². The fourth-order valence-electron chi connectivity index (χ4n) is 2.41. The maximum Gasteiger partial charge on any atom is 0.407 e. The molecule has 0 bridgehead atoms. The van der Waals surface area contributed by atoms with Gasteiger partial charge in [0.05, 0.1) is 11.6 Å². The zero-order valence-electron chi connectivity index (χ0n) is 9.81. The minimum absolute atomic E-state index is 0.163. The van der Waals surface area contributed by atoms with Gasteiger partial charge in [0.1, 0.15) is 5.65 Å². The highest BCUT2D eigenvalue weighted by Crippen LogP contribution is 2.28. The van der Waals surface area contributed by atoms with Gasteiger partial charge < -0.3 is 15.0 Å². The van der Waals surface area contributed by atoms with Gasteiger partial charge in [-0.25, -0.2) is 9.78 Å². The first-order valence-electron chi connectivity index (χ1n) is 5.74. The Hall–Kier alpha value is -2.08. The fourth-order valence-corrected chi connectivity index (χ4v) is 2.67. The Morgan fingerprint density at radius 2 is 2.26 bits per heavy atom. The molecule has 0 unspecified atom stereocenters. The Bertz CT molecular complexity index is 741. The molecule has 2 aromatic rings. The van der Waals surface area contributed by atoms with E-state index in [0.717, 1.165) is 0 Å². The number of nitrogens with zero attached hydrogens (tertiary/aromatic N) is 2. The number of amides is 1. The number of nitrogens with one attached hydrogen (secondary N) is 1. The molecule has 6 nitrogen and oxygen atoms in total. The topological polar surface area (TPSA) is 86.3 Å². The molecule has 19 heavy (non-hydrogen) atoms. The predicted octanol–water partition coefficient (Wildman–Crippen LogP) is 1.61. The molecular formula is C12H10ClN3O3. The Kier molecular flexibility index (Phi) is 2.67. The molecule has 0 saturated heterocycles. The fraction of sp³-hybridized carbons (Fsp3) is 0.250. The lowest BCUT2D eigenvalue weighted by molar-refractivity contribution is 0.140. The largest absolute Gasteiger partial charge is 0.465 e. The van der Waals surface area contributed by atoms with Crippen molar-refractivity contribution in [1.82, 2.24) is 14.9 Å². The molecule has 0 saturated carbocycles. The van der Waals surface area contributed by atoms with Crippen LogP contribution in [-0.4, -0.2) is 32.6 Å². The zero-order chi connectivity index (χ0) is 13.6. The summed E-state index contributed by atoms with van der Waals surface area (Å²) in [5.41, 5.74) is 1.43. The van der Waals surface area contributed by atoms with E-state index < -0.39 is 6.09 Å². The lowest BCUT2D eigenvalue weighted by Gasteiger charge is -2.26. The smallest absolute Gasteiger partial charge is 0.407 e. The minimum atomic E-state index is -1.00. The Morgan fingerprint density at radius 1 is 1.47 bits per heavy atom. The highest BCUT2D eigenvalue weighted by atomic mass is 35.5. The zero-order valence-corrected chi connectivity index (χ0v) is 10.6. The number of H-pyrrole nitrogens is 1. The number of pyridine rings is 2. The lowest BCUT2D eigenvalue weighted by Crippen LogP contribution is -2.37. The SMILES string of the molecule is O=C(O)N1CCc2c(c3c(Cl)ccnc3[nH]c2=O)C1. The van der Waals surface area contributed by atoms with Crippen LogP contribution >= 0.6 is 11.6 Å². The molecule has 0 fully saturated rings. The second-order valence-corrected chi connectivity index (χ2v) is 4.79. The predicted molar refractivity (Wildman–Crippen MR) is 69.5 cm³/mol. The van der Waals surface area contributed by atoms with Crippen molar-refractivity contribution in [3.05, 3.63) is 38.8 Å². The van der Waals surface area contributed by atoms with E-state index in [2.05, 4.69) is 9.97 Å². The molecule has 0 spiro atoms. The monoisotopic (exact) mass is 279 g/mol. The Labute approximate surface area is 112 Å². The number of hydrogen-bond donors (Lipinski definition) is 2. The molecule has 0 aliphatic carbocycles. The first kappa shape index (κ1) is 12.0. The number of carboxylic acid groups (broad SMARTS) is 1. The third-order valence-electron chi connectivity index (χ3n) is 3.32. The van der Waals surface area contributed by atoms with E-state index in [1.54, 1.807) is 6.07 Å². The number of carbonyl (C=O) groups is 1. The lowest BCUT2D eigenvalue weighted by atomic mass is 9.98. The van der Waals surface area contributed by atoms with Gasteiger partial charge in [0, 0.05) is 23.7 Å². The van der Waals surface area contributed by atoms with Crippen molar-refractivity contribution >= 4 is 28.7 Å². The van der Waals surface area contributed by atoms with Crippen molar-refractivity contribution in [3.8, 4) is 0 Å².